The van der Waals surface area contributed by atoms with Crippen LogP contribution in [0, 0.1) is 5.92 Å². The van der Waals surface area contributed by atoms with Gasteiger partial charge in [-0.15, -0.1) is 0 Å². The molecule has 98 valence electrons. The van der Waals surface area contributed by atoms with E-state index >= 15 is 0 Å². The molecule has 0 aliphatic heterocycles. The molecular weight excluding hydrogens is 236 g/mol. The Morgan fingerprint density at radius 1 is 1.41 bits per heavy atom. The lowest BCUT2D eigenvalue weighted by molar-refractivity contribution is 0.142. The van der Waals surface area contributed by atoms with Crippen molar-refractivity contribution in [1.82, 2.24) is 9.78 Å². The second-order valence-electron chi connectivity index (χ2n) is 4.79. The molecule has 2 atom stereocenters. The van der Waals surface area contributed by atoms with Gasteiger partial charge in [0.05, 0.1) is 22.5 Å². The molecular formula is C13H23ClN2O. The molecule has 0 fully saturated rings. The minimum absolute atomic E-state index is 0.331. The number of hydrogen-bond acceptors (Lipinski definition) is 2. The molecule has 1 rings (SSSR count). The van der Waals surface area contributed by atoms with Crippen LogP contribution in [0.4, 0.5) is 0 Å². The van der Waals surface area contributed by atoms with E-state index < -0.39 is 0 Å². The Kier molecular flexibility index (Phi) is 5.47. The molecule has 0 aromatic carbocycles. The smallest absolute Gasteiger partial charge is 0.0850 e. The van der Waals surface area contributed by atoms with Crippen LogP contribution in [0.5, 0.6) is 0 Å². The van der Waals surface area contributed by atoms with Gasteiger partial charge >= 0.3 is 0 Å². The molecule has 0 aliphatic rings. The van der Waals surface area contributed by atoms with Crippen LogP contribution in [0.2, 0.25) is 5.02 Å². The SMILES string of the molecule is CCc1nn(C)c(CC(O)CC(C)CC)c1Cl. The van der Waals surface area contributed by atoms with Crippen LogP contribution in [0.3, 0.4) is 0 Å². The standard InChI is InChI=1S/C13H23ClN2O/c1-5-9(3)7-10(17)8-12-13(14)11(6-2)15-16(12)4/h9-10,17H,5-8H2,1-4H3. The number of aliphatic hydroxyl groups excluding tert-OH is 1. The lowest BCUT2D eigenvalue weighted by atomic mass is 9.98. The van der Waals surface area contributed by atoms with Gasteiger partial charge in [0.1, 0.15) is 0 Å². The van der Waals surface area contributed by atoms with Gasteiger partial charge in [0.2, 0.25) is 0 Å². The second kappa shape index (κ2) is 6.41. The highest BCUT2D eigenvalue weighted by Crippen LogP contribution is 2.23. The molecule has 1 heterocycles. The summed E-state index contributed by atoms with van der Waals surface area (Å²) in [4.78, 5) is 0. The molecule has 0 saturated carbocycles. The average Bonchev–Trinajstić information content (AvgIpc) is 2.56. The maximum atomic E-state index is 10.0. The number of aromatic nitrogens is 2. The number of nitrogens with zero attached hydrogens (tertiary/aromatic N) is 2. The summed E-state index contributed by atoms with van der Waals surface area (Å²) in [5.74, 6) is 0.544. The number of hydrogen-bond donors (Lipinski definition) is 1. The largest absolute Gasteiger partial charge is 0.393 e. The van der Waals surface area contributed by atoms with E-state index in [2.05, 4.69) is 18.9 Å². The van der Waals surface area contributed by atoms with Gasteiger partial charge in [-0.05, 0) is 18.8 Å². The minimum Gasteiger partial charge on any atom is -0.393 e. The zero-order chi connectivity index (χ0) is 13.0. The summed E-state index contributed by atoms with van der Waals surface area (Å²) in [5, 5.41) is 15.1. The molecule has 0 saturated heterocycles. The fourth-order valence-corrected chi connectivity index (χ4v) is 2.35. The van der Waals surface area contributed by atoms with Gasteiger partial charge in [-0.25, -0.2) is 0 Å². The topological polar surface area (TPSA) is 38.0 Å². The first kappa shape index (κ1) is 14.5. The van der Waals surface area contributed by atoms with E-state index in [4.69, 9.17) is 11.6 Å². The Morgan fingerprint density at radius 3 is 2.53 bits per heavy atom. The lowest BCUT2D eigenvalue weighted by Crippen LogP contribution is -2.16. The van der Waals surface area contributed by atoms with Crippen molar-refractivity contribution < 1.29 is 5.11 Å². The van der Waals surface area contributed by atoms with E-state index in [0.717, 1.165) is 35.7 Å². The summed E-state index contributed by atoms with van der Waals surface area (Å²) in [5.41, 5.74) is 1.86. The van der Waals surface area contributed by atoms with Gasteiger partial charge in [0.15, 0.2) is 0 Å². The van der Waals surface area contributed by atoms with Crippen LogP contribution in [0.15, 0.2) is 0 Å². The third kappa shape index (κ3) is 3.71. The van der Waals surface area contributed by atoms with Crippen molar-refractivity contribution in [3.8, 4) is 0 Å². The average molecular weight is 259 g/mol. The van der Waals surface area contributed by atoms with E-state index in [-0.39, 0.29) is 6.10 Å². The van der Waals surface area contributed by atoms with Crippen LogP contribution in [-0.4, -0.2) is 21.0 Å². The number of aryl methyl sites for hydroxylation is 2. The molecule has 1 aromatic rings. The van der Waals surface area contributed by atoms with Crippen LogP contribution < -0.4 is 0 Å². The molecule has 4 heteroatoms. The van der Waals surface area contributed by atoms with Gasteiger partial charge in [-0.1, -0.05) is 38.8 Å². The molecule has 3 nitrogen and oxygen atoms in total. The van der Waals surface area contributed by atoms with E-state index in [0.29, 0.717) is 12.3 Å². The van der Waals surface area contributed by atoms with Gasteiger partial charge in [0, 0.05) is 13.5 Å². The Balaban J connectivity index is 2.71. The van der Waals surface area contributed by atoms with Crippen molar-refractivity contribution in [3.05, 3.63) is 16.4 Å². The predicted octanol–water partition coefficient (Wildman–Crippen LogP) is 2.98. The van der Waals surface area contributed by atoms with E-state index in [9.17, 15) is 5.11 Å². The number of aliphatic hydroxyl groups is 1. The van der Waals surface area contributed by atoms with Gasteiger partial charge in [-0.2, -0.15) is 5.10 Å². The van der Waals surface area contributed by atoms with Crippen LogP contribution in [0.25, 0.3) is 0 Å². The summed E-state index contributed by atoms with van der Waals surface area (Å²) in [7, 11) is 1.89. The number of rotatable bonds is 6. The zero-order valence-corrected chi connectivity index (χ0v) is 12.0. The highest BCUT2D eigenvalue weighted by molar-refractivity contribution is 6.31. The van der Waals surface area contributed by atoms with Crippen molar-refractivity contribution in [2.75, 3.05) is 0 Å². The highest BCUT2D eigenvalue weighted by Gasteiger charge is 2.17. The first-order valence-electron chi connectivity index (χ1n) is 6.37. The zero-order valence-electron chi connectivity index (χ0n) is 11.2. The predicted molar refractivity (Wildman–Crippen MR) is 71.4 cm³/mol. The second-order valence-corrected chi connectivity index (χ2v) is 5.17. The fraction of sp³-hybridized carbons (Fsp3) is 0.769. The molecule has 0 aliphatic carbocycles. The van der Waals surface area contributed by atoms with Crippen molar-refractivity contribution in [2.24, 2.45) is 13.0 Å². The van der Waals surface area contributed by atoms with Gasteiger partial charge in [0.25, 0.3) is 0 Å². The van der Waals surface area contributed by atoms with Crippen LogP contribution in [-0.2, 0) is 19.9 Å². The maximum absolute atomic E-state index is 10.0. The van der Waals surface area contributed by atoms with E-state index in [1.165, 1.54) is 0 Å². The van der Waals surface area contributed by atoms with E-state index in [1.54, 1.807) is 4.68 Å². The molecule has 17 heavy (non-hydrogen) atoms. The molecule has 0 spiro atoms. The third-order valence-corrected chi connectivity index (χ3v) is 3.74. The maximum Gasteiger partial charge on any atom is 0.0850 e. The van der Waals surface area contributed by atoms with Crippen LogP contribution >= 0.6 is 11.6 Å². The minimum atomic E-state index is -0.331. The van der Waals surface area contributed by atoms with E-state index in [1.807, 2.05) is 14.0 Å². The van der Waals surface area contributed by atoms with Crippen molar-refractivity contribution in [3.63, 3.8) is 0 Å². The van der Waals surface area contributed by atoms with Gasteiger partial charge < -0.3 is 5.11 Å². The van der Waals surface area contributed by atoms with Crippen molar-refractivity contribution >= 4 is 11.6 Å². The Bertz CT molecular complexity index is 363. The summed E-state index contributed by atoms with van der Waals surface area (Å²) >= 11 is 6.25. The Labute approximate surface area is 109 Å². The molecule has 1 aromatic heterocycles. The quantitative estimate of drug-likeness (QED) is 0.852. The lowest BCUT2D eigenvalue weighted by Gasteiger charge is -2.15. The fourth-order valence-electron chi connectivity index (χ4n) is 1.98. The summed E-state index contributed by atoms with van der Waals surface area (Å²) in [6.07, 6.45) is 3.00. The normalized spacial score (nSPS) is 14.9. The molecule has 1 N–H and O–H groups in total. The summed E-state index contributed by atoms with van der Waals surface area (Å²) < 4.78 is 1.79. The van der Waals surface area contributed by atoms with Crippen LogP contribution in [0.1, 0.15) is 45.0 Å². The third-order valence-electron chi connectivity index (χ3n) is 3.30. The van der Waals surface area contributed by atoms with Crippen molar-refractivity contribution in [2.45, 2.75) is 52.6 Å². The number of halogens is 1. The molecule has 2 unspecified atom stereocenters. The first-order valence-corrected chi connectivity index (χ1v) is 6.75. The Hall–Kier alpha value is -0.540. The van der Waals surface area contributed by atoms with Crippen molar-refractivity contribution in [1.29, 1.82) is 0 Å². The summed E-state index contributed by atoms with van der Waals surface area (Å²) in [6.45, 7) is 6.34. The Morgan fingerprint density at radius 2 is 2.06 bits per heavy atom. The molecule has 0 amide bonds. The monoisotopic (exact) mass is 258 g/mol. The van der Waals surface area contributed by atoms with Gasteiger partial charge in [-0.3, -0.25) is 4.68 Å². The summed E-state index contributed by atoms with van der Waals surface area (Å²) in [6, 6.07) is 0. The molecule has 0 radical (unpaired) electrons. The highest BCUT2D eigenvalue weighted by atomic mass is 35.5. The first-order chi connectivity index (χ1) is 7.99. The molecule has 0 bridgehead atoms.